The Morgan fingerprint density at radius 1 is 1.19 bits per heavy atom. The highest BCUT2D eigenvalue weighted by atomic mass is 32.2. The fourth-order valence-electron chi connectivity index (χ4n) is 2.46. The number of nitrogens with one attached hydrogen (secondary N) is 1. The van der Waals surface area contributed by atoms with Gasteiger partial charge in [0.2, 0.25) is 10.0 Å². The molecule has 1 aromatic carbocycles. The number of aromatic nitrogens is 3. The quantitative estimate of drug-likeness (QED) is 0.726. The maximum Gasteiger partial charge on any atom is 0.234 e. The van der Waals surface area contributed by atoms with Gasteiger partial charge in [0.1, 0.15) is 0 Å². The molecule has 3 rings (SSSR count). The van der Waals surface area contributed by atoms with Crippen molar-refractivity contribution in [3.05, 3.63) is 77.1 Å². The van der Waals surface area contributed by atoms with Gasteiger partial charge in [-0.3, -0.25) is 9.67 Å². The lowest BCUT2D eigenvalue weighted by Crippen LogP contribution is -2.21. The van der Waals surface area contributed by atoms with Crippen LogP contribution in [0.3, 0.4) is 0 Å². The number of hydrogen-bond acceptors (Lipinski definition) is 4. The van der Waals surface area contributed by atoms with E-state index in [9.17, 15) is 8.42 Å². The van der Waals surface area contributed by atoms with Crippen molar-refractivity contribution in [3.8, 4) is 11.3 Å². The van der Waals surface area contributed by atoms with Crippen LogP contribution in [0.2, 0.25) is 0 Å². The molecule has 6 nitrogen and oxygen atoms in total. The standard InChI is InChI=1S/C19H20N4O2S/c1-15-5-7-16(8-6-15)9-11-26(24,25)22-13-17-4-3-10-20-19(17)18-12-21-23(2)14-18/h3-12,14,22H,13H2,1-2H3/b11-9+. The molecule has 0 fully saturated rings. The monoisotopic (exact) mass is 368 g/mol. The van der Waals surface area contributed by atoms with Gasteiger partial charge in [0.05, 0.1) is 11.9 Å². The van der Waals surface area contributed by atoms with Crippen molar-refractivity contribution >= 4 is 16.1 Å². The molecule has 0 saturated carbocycles. The molecule has 0 aliphatic heterocycles. The molecule has 0 saturated heterocycles. The van der Waals surface area contributed by atoms with Crippen LogP contribution in [0.1, 0.15) is 16.7 Å². The van der Waals surface area contributed by atoms with Crippen LogP contribution in [-0.4, -0.2) is 23.2 Å². The number of benzene rings is 1. The van der Waals surface area contributed by atoms with E-state index >= 15 is 0 Å². The lowest BCUT2D eigenvalue weighted by molar-refractivity contribution is 0.591. The predicted octanol–water partition coefficient (Wildman–Crippen LogP) is 2.88. The fraction of sp³-hybridized carbons (Fsp3) is 0.158. The van der Waals surface area contributed by atoms with Crippen molar-refractivity contribution in [1.82, 2.24) is 19.5 Å². The third-order valence-corrected chi connectivity index (χ3v) is 4.89. The third-order valence-electron chi connectivity index (χ3n) is 3.85. The normalized spacial score (nSPS) is 11.9. The summed E-state index contributed by atoms with van der Waals surface area (Å²) < 4.78 is 28.8. The third kappa shape index (κ3) is 4.65. The first-order valence-electron chi connectivity index (χ1n) is 8.10. The molecule has 0 amide bonds. The zero-order valence-electron chi connectivity index (χ0n) is 14.6. The van der Waals surface area contributed by atoms with Crippen molar-refractivity contribution < 1.29 is 8.42 Å². The van der Waals surface area contributed by atoms with Gasteiger partial charge >= 0.3 is 0 Å². The van der Waals surface area contributed by atoms with Gasteiger partial charge in [0.15, 0.2) is 0 Å². The van der Waals surface area contributed by atoms with E-state index in [4.69, 9.17) is 0 Å². The molecule has 0 spiro atoms. The van der Waals surface area contributed by atoms with Crippen LogP contribution in [0.5, 0.6) is 0 Å². The van der Waals surface area contributed by atoms with Gasteiger partial charge in [0, 0.05) is 37.0 Å². The van der Waals surface area contributed by atoms with Crippen LogP contribution < -0.4 is 4.72 Å². The summed E-state index contributed by atoms with van der Waals surface area (Å²) in [5, 5.41) is 5.32. The highest BCUT2D eigenvalue weighted by molar-refractivity contribution is 7.92. The van der Waals surface area contributed by atoms with Gasteiger partial charge in [-0.1, -0.05) is 35.9 Å². The highest BCUT2D eigenvalue weighted by Crippen LogP contribution is 2.20. The molecule has 0 radical (unpaired) electrons. The second-order valence-electron chi connectivity index (χ2n) is 5.99. The SMILES string of the molecule is Cc1ccc(/C=C/S(=O)(=O)NCc2cccnc2-c2cnn(C)c2)cc1. The van der Waals surface area contributed by atoms with E-state index in [1.165, 1.54) is 5.41 Å². The Bertz CT molecular complexity index is 1020. The van der Waals surface area contributed by atoms with Gasteiger partial charge in [-0.05, 0) is 30.2 Å². The number of rotatable bonds is 6. The van der Waals surface area contributed by atoms with E-state index in [0.717, 1.165) is 22.3 Å². The Morgan fingerprint density at radius 2 is 1.96 bits per heavy atom. The van der Waals surface area contributed by atoms with E-state index in [1.54, 1.807) is 29.2 Å². The Balaban J connectivity index is 1.73. The summed E-state index contributed by atoms with van der Waals surface area (Å²) in [7, 11) is -1.74. The molecule has 0 aliphatic rings. The molecule has 2 aromatic heterocycles. The summed E-state index contributed by atoms with van der Waals surface area (Å²) in [5.74, 6) is 0. The second-order valence-corrected chi connectivity index (χ2v) is 7.64. The summed E-state index contributed by atoms with van der Waals surface area (Å²) in [5.41, 5.74) is 4.30. The predicted molar refractivity (Wildman–Crippen MR) is 102 cm³/mol. The van der Waals surface area contributed by atoms with Gasteiger partial charge in [-0.2, -0.15) is 5.10 Å². The van der Waals surface area contributed by atoms with E-state index in [1.807, 2.05) is 50.5 Å². The Hall–Kier alpha value is -2.77. The molecule has 3 aromatic rings. The minimum Gasteiger partial charge on any atom is -0.275 e. The minimum atomic E-state index is -3.56. The van der Waals surface area contributed by atoms with E-state index in [-0.39, 0.29) is 6.54 Å². The summed E-state index contributed by atoms with van der Waals surface area (Å²) in [6.45, 7) is 2.14. The van der Waals surface area contributed by atoms with Crippen molar-refractivity contribution in [2.75, 3.05) is 0 Å². The molecular weight excluding hydrogens is 348 g/mol. The molecule has 0 atom stereocenters. The Kier molecular flexibility index (Phi) is 5.29. The van der Waals surface area contributed by atoms with Crippen molar-refractivity contribution in [2.45, 2.75) is 13.5 Å². The lowest BCUT2D eigenvalue weighted by Gasteiger charge is -2.07. The fourth-order valence-corrected chi connectivity index (χ4v) is 3.25. The van der Waals surface area contributed by atoms with E-state index in [2.05, 4.69) is 14.8 Å². The molecule has 0 bridgehead atoms. The first-order valence-corrected chi connectivity index (χ1v) is 9.65. The van der Waals surface area contributed by atoms with Crippen LogP contribution in [0, 0.1) is 6.92 Å². The molecule has 26 heavy (non-hydrogen) atoms. The average molecular weight is 368 g/mol. The topological polar surface area (TPSA) is 76.9 Å². The molecule has 1 N–H and O–H groups in total. The van der Waals surface area contributed by atoms with Gasteiger partial charge in [-0.25, -0.2) is 13.1 Å². The zero-order chi connectivity index (χ0) is 18.6. The number of nitrogens with zero attached hydrogens (tertiary/aromatic N) is 3. The minimum absolute atomic E-state index is 0.151. The first-order chi connectivity index (χ1) is 12.4. The van der Waals surface area contributed by atoms with E-state index in [0.29, 0.717) is 5.69 Å². The number of pyridine rings is 1. The largest absolute Gasteiger partial charge is 0.275 e. The number of aryl methyl sites for hydroxylation is 2. The first kappa shape index (κ1) is 18.0. The van der Waals surface area contributed by atoms with Crippen LogP contribution in [0.15, 0.2) is 60.4 Å². The van der Waals surface area contributed by atoms with Crippen LogP contribution in [0.4, 0.5) is 0 Å². The zero-order valence-corrected chi connectivity index (χ0v) is 15.4. The Labute approximate surface area is 153 Å². The molecule has 7 heteroatoms. The Morgan fingerprint density at radius 3 is 2.65 bits per heavy atom. The second kappa shape index (κ2) is 7.63. The van der Waals surface area contributed by atoms with Crippen molar-refractivity contribution in [2.24, 2.45) is 7.05 Å². The van der Waals surface area contributed by atoms with Crippen LogP contribution in [0.25, 0.3) is 17.3 Å². The average Bonchev–Trinajstić information content (AvgIpc) is 3.06. The summed E-state index contributed by atoms with van der Waals surface area (Å²) in [6.07, 6.45) is 6.81. The molecule has 0 unspecified atom stereocenters. The van der Waals surface area contributed by atoms with Gasteiger partial charge < -0.3 is 0 Å². The maximum absolute atomic E-state index is 12.3. The molecule has 0 aliphatic carbocycles. The maximum atomic E-state index is 12.3. The number of sulfonamides is 1. The smallest absolute Gasteiger partial charge is 0.234 e. The van der Waals surface area contributed by atoms with Crippen LogP contribution >= 0.6 is 0 Å². The van der Waals surface area contributed by atoms with Gasteiger partial charge in [0.25, 0.3) is 0 Å². The molecular formula is C19H20N4O2S. The molecule has 134 valence electrons. The highest BCUT2D eigenvalue weighted by Gasteiger charge is 2.11. The van der Waals surface area contributed by atoms with Crippen molar-refractivity contribution in [3.63, 3.8) is 0 Å². The summed E-state index contributed by atoms with van der Waals surface area (Å²) in [6, 6.07) is 11.3. The van der Waals surface area contributed by atoms with Crippen molar-refractivity contribution in [1.29, 1.82) is 0 Å². The van der Waals surface area contributed by atoms with Crippen LogP contribution in [-0.2, 0) is 23.6 Å². The van der Waals surface area contributed by atoms with Gasteiger partial charge in [-0.15, -0.1) is 0 Å². The number of hydrogen-bond donors (Lipinski definition) is 1. The summed E-state index contributed by atoms with van der Waals surface area (Å²) in [4.78, 5) is 4.36. The lowest BCUT2D eigenvalue weighted by atomic mass is 10.1. The molecule has 2 heterocycles. The summed E-state index contributed by atoms with van der Waals surface area (Å²) >= 11 is 0. The van der Waals surface area contributed by atoms with E-state index < -0.39 is 10.0 Å².